The molecule has 8 aromatic carbocycles. The average Bonchev–Trinajstić information content (AvgIpc) is 1.57. The summed E-state index contributed by atoms with van der Waals surface area (Å²) in [7, 11) is 3.49. The lowest BCUT2D eigenvalue weighted by Gasteiger charge is -2.33. The standard InChI is InChI=1S/C117H130O2S6/c1-9-15-21-27-29-35-73-117(74-36-30-28-22-16-10-2)101-79-87(109-63-67-113(124-109)111-65-61-107(122-111)85-43-53-93-91-51-41-83(105-59-57-103(120-105)81-37-47-89(118-7)48-38-81)75-97(91)115(99(93)77-85,69-31-23-17-11-3)70-32-24-18-12-4)45-55-95(101)96-56-46-88(80-102(96)117)110-64-68-114(125-110)112-66-62-108(123-112)86-44-54-94-92-52-42-84(106-60-58-104(121-106)82-39-49-90(119-8)50-40-82)76-98(92)116(100(94)78-86,71-33-25-19-13-5)72-34-26-20-14-6/h37-68,75-80H,9-36,69-74H2,1-8H3. The van der Waals surface area contributed by atoms with Crippen molar-refractivity contribution in [2.75, 3.05) is 14.2 Å². The molecular weight excluding hydrogens is 1630 g/mol. The largest absolute Gasteiger partial charge is 0.497 e. The van der Waals surface area contributed by atoms with Gasteiger partial charge in [0.25, 0.3) is 0 Å². The zero-order chi connectivity index (χ0) is 85.7. The second-order valence-electron chi connectivity index (χ2n) is 36.5. The second-order valence-corrected chi connectivity index (χ2v) is 43.0. The number of hydrogen-bond acceptors (Lipinski definition) is 8. The van der Waals surface area contributed by atoms with Crippen molar-refractivity contribution in [3.63, 3.8) is 0 Å². The van der Waals surface area contributed by atoms with Crippen LogP contribution in [0, 0.1) is 0 Å². The minimum atomic E-state index is -0.0685. The Morgan fingerprint density at radius 1 is 0.176 bits per heavy atom. The van der Waals surface area contributed by atoms with Gasteiger partial charge >= 0.3 is 0 Å². The highest BCUT2D eigenvalue weighted by Crippen LogP contribution is 2.61. The van der Waals surface area contributed by atoms with Crippen LogP contribution >= 0.6 is 68.0 Å². The first-order valence-electron chi connectivity index (χ1n) is 48.3. The molecule has 0 amide bonds. The van der Waals surface area contributed by atoms with E-state index in [-0.39, 0.29) is 16.2 Å². The van der Waals surface area contributed by atoms with E-state index in [1.165, 1.54) is 355 Å². The third-order valence-electron chi connectivity index (χ3n) is 28.4. The third-order valence-corrected chi connectivity index (χ3v) is 35.7. The topological polar surface area (TPSA) is 18.5 Å². The molecule has 0 aliphatic heterocycles. The summed E-state index contributed by atoms with van der Waals surface area (Å²) in [6, 6.07) is 91.6. The molecule has 0 spiro atoms. The number of fused-ring (bicyclic) bond motifs is 9. The van der Waals surface area contributed by atoms with Gasteiger partial charge in [-0.05, 0) is 308 Å². The van der Waals surface area contributed by atoms with E-state index in [4.69, 9.17) is 9.47 Å². The molecule has 3 aliphatic carbocycles. The summed E-state index contributed by atoms with van der Waals surface area (Å²) in [5.41, 5.74) is 28.5. The predicted octanol–water partition coefficient (Wildman–Crippen LogP) is 38.9. The average molecular weight is 1760 g/mol. The molecule has 6 aromatic heterocycles. The van der Waals surface area contributed by atoms with Gasteiger partial charge < -0.3 is 9.47 Å². The van der Waals surface area contributed by atoms with E-state index in [9.17, 15) is 0 Å². The van der Waals surface area contributed by atoms with Gasteiger partial charge in [0.05, 0.1) is 14.2 Å². The monoisotopic (exact) mass is 1760 g/mol. The Balaban J connectivity index is 0.661. The maximum Gasteiger partial charge on any atom is 0.118 e. The Kier molecular flexibility index (Phi) is 29.3. The zero-order valence-corrected chi connectivity index (χ0v) is 80.6. The Hall–Kier alpha value is -8.44. The Bertz CT molecular complexity index is 5530. The number of benzene rings is 8. The molecule has 0 saturated heterocycles. The SMILES string of the molecule is CCCCCCCCC1(CCCCCCCC)c2cc(-c3ccc(-c4ccc(-c5ccc6c(c5)C(CCCCCC)(CCCCCC)c5cc(-c7ccc(-c8ccc(OC)cc8)s7)ccc5-6)s4)s3)ccc2-c2ccc(-c3ccc(-c4ccc(-c5ccc6c(c5)C(CCCCCC)(CCCCCC)c5cc(-c7ccc(-c8ccc(OC)cc8)s7)ccc5-6)s4)s3)cc21. The lowest BCUT2D eigenvalue weighted by atomic mass is 9.70. The quantitative estimate of drug-likeness (QED) is 0.0354. The summed E-state index contributed by atoms with van der Waals surface area (Å²) >= 11 is 11.8. The minimum absolute atomic E-state index is 0.0392. The molecular formula is C117H130O2S6. The van der Waals surface area contributed by atoms with Crippen molar-refractivity contribution in [2.45, 2.75) is 276 Å². The van der Waals surface area contributed by atoms with E-state index >= 15 is 0 Å². The second kappa shape index (κ2) is 41.3. The van der Waals surface area contributed by atoms with Crippen LogP contribution in [0.4, 0.5) is 0 Å². The number of methoxy groups -OCH3 is 2. The van der Waals surface area contributed by atoms with Crippen LogP contribution in [0.5, 0.6) is 11.5 Å². The van der Waals surface area contributed by atoms with E-state index in [0.29, 0.717) is 0 Å². The molecule has 0 radical (unpaired) electrons. The molecule has 0 N–H and O–H groups in total. The van der Waals surface area contributed by atoms with Gasteiger partial charge in [-0.2, -0.15) is 0 Å². The van der Waals surface area contributed by atoms with E-state index in [1.54, 1.807) is 47.6 Å². The fourth-order valence-electron chi connectivity index (χ4n) is 21.5. The number of hydrogen-bond donors (Lipinski definition) is 0. The Labute approximate surface area is 773 Å². The van der Waals surface area contributed by atoms with Crippen molar-refractivity contribution < 1.29 is 9.47 Å². The molecule has 125 heavy (non-hydrogen) atoms. The lowest BCUT2D eigenvalue weighted by molar-refractivity contribution is 0.398. The molecule has 2 nitrogen and oxygen atoms in total. The van der Waals surface area contributed by atoms with E-state index in [2.05, 4.69) is 272 Å². The highest BCUT2D eigenvalue weighted by molar-refractivity contribution is 7.26. The molecule has 0 bridgehead atoms. The lowest BCUT2D eigenvalue weighted by Crippen LogP contribution is -2.25. The van der Waals surface area contributed by atoms with Crippen molar-refractivity contribution in [2.24, 2.45) is 0 Å². The number of unbranched alkanes of at least 4 members (excludes halogenated alkanes) is 22. The molecule has 14 aromatic rings. The molecule has 0 saturated carbocycles. The summed E-state index contributed by atoms with van der Waals surface area (Å²) in [5.74, 6) is 1.79. The highest BCUT2D eigenvalue weighted by Gasteiger charge is 2.46. The number of ether oxygens (including phenoxy) is 2. The minimum Gasteiger partial charge on any atom is -0.497 e. The van der Waals surface area contributed by atoms with Crippen molar-refractivity contribution in [3.8, 4) is 148 Å². The summed E-state index contributed by atoms with van der Waals surface area (Å²) in [5, 5.41) is 0. The van der Waals surface area contributed by atoms with E-state index < -0.39 is 0 Å². The maximum absolute atomic E-state index is 5.53. The zero-order valence-electron chi connectivity index (χ0n) is 75.7. The molecule has 3 aliphatic rings. The normalized spacial score (nSPS) is 13.6. The van der Waals surface area contributed by atoms with Crippen LogP contribution in [0.3, 0.4) is 0 Å². The third kappa shape index (κ3) is 18.8. The Morgan fingerprint density at radius 2 is 0.336 bits per heavy atom. The molecule has 0 atom stereocenters. The van der Waals surface area contributed by atoms with E-state index in [0.717, 1.165) is 11.5 Å². The van der Waals surface area contributed by atoms with Gasteiger partial charge in [-0.3, -0.25) is 0 Å². The summed E-state index contributed by atoms with van der Waals surface area (Å²) in [6.45, 7) is 14.1. The van der Waals surface area contributed by atoms with Crippen molar-refractivity contribution in [1.29, 1.82) is 0 Å². The molecule has 0 fully saturated rings. The molecule has 646 valence electrons. The number of rotatable bonds is 46. The van der Waals surface area contributed by atoms with Gasteiger partial charge in [-0.15, -0.1) is 68.0 Å². The molecule has 17 rings (SSSR count). The van der Waals surface area contributed by atoms with Crippen LogP contribution < -0.4 is 9.47 Å². The Morgan fingerprint density at radius 3 is 0.536 bits per heavy atom. The van der Waals surface area contributed by atoms with Crippen molar-refractivity contribution in [1.82, 2.24) is 0 Å². The fraction of sp³-hybridized carbons (Fsp3) is 0.385. The number of thiophene rings is 6. The van der Waals surface area contributed by atoms with E-state index in [1.807, 2.05) is 68.0 Å². The first-order valence-corrected chi connectivity index (χ1v) is 53.2. The summed E-state index contributed by atoms with van der Waals surface area (Å²) in [6.07, 6.45) is 43.0. The van der Waals surface area contributed by atoms with Crippen molar-refractivity contribution >= 4 is 68.0 Å². The fourth-order valence-corrected chi connectivity index (χ4v) is 27.7. The van der Waals surface area contributed by atoms with Crippen LogP contribution in [0.1, 0.15) is 293 Å². The van der Waals surface area contributed by atoms with Gasteiger partial charge in [0.2, 0.25) is 0 Å². The highest BCUT2D eigenvalue weighted by atomic mass is 32.1. The van der Waals surface area contributed by atoms with Gasteiger partial charge in [-0.1, -0.05) is 294 Å². The molecule has 0 unspecified atom stereocenters. The van der Waals surface area contributed by atoms with Gasteiger partial charge in [-0.25, -0.2) is 0 Å². The van der Waals surface area contributed by atoms with Crippen LogP contribution in [-0.4, -0.2) is 14.2 Å². The summed E-state index contributed by atoms with van der Waals surface area (Å²) < 4.78 is 11.1. The molecule has 6 heterocycles. The van der Waals surface area contributed by atoms with Gasteiger partial charge in [0, 0.05) is 74.8 Å². The van der Waals surface area contributed by atoms with Gasteiger partial charge in [0.15, 0.2) is 0 Å². The van der Waals surface area contributed by atoms with Crippen LogP contribution in [0.25, 0.3) is 136 Å². The van der Waals surface area contributed by atoms with Crippen LogP contribution in [0.2, 0.25) is 0 Å². The van der Waals surface area contributed by atoms with Gasteiger partial charge in [0.1, 0.15) is 11.5 Å². The first-order chi connectivity index (χ1) is 61.5. The predicted molar refractivity (Wildman–Crippen MR) is 551 cm³/mol. The first kappa shape index (κ1) is 88.6. The molecule has 8 heteroatoms. The smallest absolute Gasteiger partial charge is 0.118 e. The summed E-state index contributed by atoms with van der Waals surface area (Å²) in [4.78, 5) is 16.1. The van der Waals surface area contributed by atoms with Crippen LogP contribution in [0.15, 0.2) is 231 Å². The maximum atomic E-state index is 5.53. The van der Waals surface area contributed by atoms with Crippen LogP contribution in [-0.2, 0) is 16.2 Å². The van der Waals surface area contributed by atoms with Crippen molar-refractivity contribution in [3.05, 3.63) is 264 Å².